The number of carbonyl (C=O) groups is 1. The van der Waals surface area contributed by atoms with Crippen molar-refractivity contribution in [1.82, 2.24) is 0 Å². The molecular formula is C15H13F2NO2. The topological polar surface area (TPSA) is 38.3 Å². The fourth-order valence-corrected chi connectivity index (χ4v) is 1.71. The van der Waals surface area contributed by atoms with Crippen LogP contribution in [0.4, 0.5) is 14.5 Å². The van der Waals surface area contributed by atoms with Crippen molar-refractivity contribution < 1.29 is 18.3 Å². The minimum Gasteiger partial charge on any atom is -0.465 e. The van der Waals surface area contributed by atoms with E-state index in [1.807, 2.05) is 0 Å². The Labute approximate surface area is 115 Å². The van der Waals surface area contributed by atoms with Gasteiger partial charge in [0.2, 0.25) is 0 Å². The summed E-state index contributed by atoms with van der Waals surface area (Å²) in [6.07, 6.45) is 0. The lowest BCUT2D eigenvalue weighted by Gasteiger charge is -2.08. The molecule has 104 valence electrons. The molecule has 0 amide bonds. The number of nitrogens with one attached hydrogen (secondary N) is 1. The molecule has 3 nitrogen and oxygen atoms in total. The first kappa shape index (κ1) is 14.0. The predicted molar refractivity (Wildman–Crippen MR) is 71.5 cm³/mol. The first-order valence-corrected chi connectivity index (χ1v) is 5.96. The highest BCUT2D eigenvalue weighted by molar-refractivity contribution is 5.89. The van der Waals surface area contributed by atoms with Gasteiger partial charge < -0.3 is 10.1 Å². The molecule has 2 rings (SSSR count). The number of hydrogen-bond acceptors (Lipinski definition) is 3. The summed E-state index contributed by atoms with van der Waals surface area (Å²) in [7, 11) is 1.31. The van der Waals surface area contributed by atoms with Crippen molar-refractivity contribution in [2.24, 2.45) is 0 Å². The Bertz CT molecular complexity index is 612. The number of hydrogen-bond donors (Lipinski definition) is 1. The van der Waals surface area contributed by atoms with Crippen LogP contribution in [0.1, 0.15) is 15.9 Å². The summed E-state index contributed by atoms with van der Waals surface area (Å²) in [5.41, 5.74) is 1.54. The van der Waals surface area contributed by atoms with Gasteiger partial charge in [-0.1, -0.05) is 12.1 Å². The van der Waals surface area contributed by atoms with Crippen LogP contribution in [0.25, 0.3) is 0 Å². The van der Waals surface area contributed by atoms with Gasteiger partial charge in [-0.2, -0.15) is 0 Å². The van der Waals surface area contributed by atoms with Crippen LogP contribution < -0.4 is 5.32 Å². The molecule has 0 unspecified atom stereocenters. The third-order valence-corrected chi connectivity index (χ3v) is 2.79. The maximum atomic E-state index is 13.4. The van der Waals surface area contributed by atoms with E-state index in [0.717, 1.165) is 11.6 Å². The van der Waals surface area contributed by atoms with Crippen molar-refractivity contribution in [2.75, 3.05) is 12.4 Å². The molecule has 2 aromatic rings. The van der Waals surface area contributed by atoms with Gasteiger partial charge in [-0.15, -0.1) is 0 Å². The van der Waals surface area contributed by atoms with Crippen LogP contribution in [-0.4, -0.2) is 13.1 Å². The van der Waals surface area contributed by atoms with Crippen LogP contribution in [0.15, 0.2) is 42.5 Å². The van der Waals surface area contributed by atoms with E-state index in [1.165, 1.54) is 19.2 Å². The van der Waals surface area contributed by atoms with Gasteiger partial charge in [-0.25, -0.2) is 13.6 Å². The second-order valence-corrected chi connectivity index (χ2v) is 4.17. The average Bonchev–Trinajstić information content (AvgIpc) is 2.46. The summed E-state index contributed by atoms with van der Waals surface area (Å²) < 4.78 is 30.8. The highest BCUT2D eigenvalue weighted by Crippen LogP contribution is 2.16. The monoisotopic (exact) mass is 277 g/mol. The van der Waals surface area contributed by atoms with Gasteiger partial charge in [0.05, 0.1) is 18.4 Å². The highest BCUT2D eigenvalue weighted by atomic mass is 19.1. The molecule has 0 bridgehead atoms. The molecule has 0 heterocycles. The normalized spacial score (nSPS) is 10.2. The van der Waals surface area contributed by atoms with Gasteiger partial charge >= 0.3 is 5.97 Å². The standard InChI is InChI=1S/C15H13F2NO2/c1-20-15(19)11-4-2-10(3-5-11)9-18-14-7-6-12(16)8-13(14)17/h2-8,18H,9H2,1H3. The Morgan fingerprint density at radius 3 is 2.45 bits per heavy atom. The van der Waals surface area contributed by atoms with Crippen molar-refractivity contribution >= 4 is 11.7 Å². The Balaban J connectivity index is 2.02. The molecule has 0 saturated heterocycles. The molecular weight excluding hydrogens is 264 g/mol. The van der Waals surface area contributed by atoms with Crippen LogP contribution in [0.5, 0.6) is 0 Å². The maximum absolute atomic E-state index is 13.4. The van der Waals surface area contributed by atoms with E-state index in [1.54, 1.807) is 24.3 Å². The first-order chi connectivity index (χ1) is 9.60. The molecule has 0 saturated carbocycles. The van der Waals surface area contributed by atoms with Crippen molar-refractivity contribution in [1.29, 1.82) is 0 Å². The molecule has 0 aliphatic rings. The van der Waals surface area contributed by atoms with E-state index in [4.69, 9.17) is 0 Å². The van der Waals surface area contributed by atoms with Gasteiger partial charge in [0.15, 0.2) is 0 Å². The van der Waals surface area contributed by atoms with E-state index in [0.29, 0.717) is 12.1 Å². The number of methoxy groups -OCH3 is 1. The molecule has 0 spiro atoms. The second-order valence-electron chi connectivity index (χ2n) is 4.17. The average molecular weight is 277 g/mol. The summed E-state index contributed by atoms with van der Waals surface area (Å²) in [4.78, 5) is 11.3. The zero-order chi connectivity index (χ0) is 14.5. The molecule has 0 aliphatic heterocycles. The van der Waals surface area contributed by atoms with Crippen LogP contribution in [0.2, 0.25) is 0 Å². The SMILES string of the molecule is COC(=O)c1ccc(CNc2ccc(F)cc2F)cc1. The molecule has 0 aliphatic carbocycles. The van der Waals surface area contributed by atoms with E-state index >= 15 is 0 Å². The summed E-state index contributed by atoms with van der Waals surface area (Å²) in [6, 6.07) is 10.1. The minimum absolute atomic E-state index is 0.225. The van der Waals surface area contributed by atoms with Crippen molar-refractivity contribution in [3.63, 3.8) is 0 Å². The molecule has 0 fully saturated rings. The molecule has 0 atom stereocenters. The summed E-state index contributed by atoms with van der Waals surface area (Å²) >= 11 is 0. The molecule has 5 heteroatoms. The molecule has 0 radical (unpaired) electrons. The van der Waals surface area contributed by atoms with Crippen LogP contribution in [-0.2, 0) is 11.3 Å². The highest BCUT2D eigenvalue weighted by Gasteiger charge is 2.05. The molecule has 0 aromatic heterocycles. The maximum Gasteiger partial charge on any atom is 0.337 e. The van der Waals surface area contributed by atoms with E-state index in [2.05, 4.69) is 10.1 Å². The lowest BCUT2D eigenvalue weighted by atomic mass is 10.1. The van der Waals surface area contributed by atoms with E-state index < -0.39 is 17.6 Å². The Hall–Kier alpha value is -2.43. The van der Waals surface area contributed by atoms with Crippen LogP contribution in [0, 0.1) is 11.6 Å². The molecule has 20 heavy (non-hydrogen) atoms. The minimum atomic E-state index is -0.642. The van der Waals surface area contributed by atoms with Crippen molar-refractivity contribution in [3.8, 4) is 0 Å². The lowest BCUT2D eigenvalue weighted by molar-refractivity contribution is 0.0600. The number of benzene rings is 2. The van der Waals surface area contributed by atoms with Crippen molar-refractivity contribution in [2.45, 2.75) is 6.54 Å². The van der Waals surface area contributed by atoms with Gasteiger partial charge in [0.25, 0.3) is 0 Å². The van der Waals surface area contributed by atoms with Crippen molar-refractivity contribution in [3.05, 3.63) is 65.2 Å². The first-order valence-electron chi connectivity index (χ1n) is 5.96. The van der Waals surface area contributed by atoms with Gasteiger partial charge in [0.1, 0.15) is 11.6 Å². The van der Waals surface area contributed by atoms with Gasteiger partial charge in [0, 0.05) is 12.6 Å². The zero-order valence-electron chi connectivity index (χ0n) is 10.8. The number of anilines is 1. The quantitative estimate of drug-likeness (QED) is 0.871. The fourth-order valence-electron chi connectivity index (χ4n) is 1.71. The van der Waals surface area contributed by atoms with E-state index in [9.17, 15) is 13.6 Å². The number of carbonyl (C=O) groups excluding carboxylic acids is 1. The summed E-state index contributed by atoms with van der Waals surface area (Å²) in [5.74, 6) is -1.67. The molecule has 2 aromatic carbocycles. The molecule has 1 N–H and O–H groups in total. The van der Waals surface area contributed by atoms with E-state index in [-0.39, 0.29) is 5.69 Å². The Kier molecular flexibility index (Phi) is 4.30. The fraction of sp³-hybridized carbons (Fsp3) is 0.133. The third kappa shape index (κ3) is 3.32. The number of esters is 1. The zero-order valence-corrected chi connectivity index (χ0v) is 10.8. The van der Waals surface area contributed by atoms with Crippen LogP contribution >= 0.6 is 0 Å². The number of ether oxygens (including phenoxy) is 1. The Morgan fingerprint density at radius 1 is 1.15 bits per heavy atom. The number of halogens is 2. The summed E-state index contributed by atoms with van der Waals surface area (Å²) in [6.45, 7) is 0.365. The largest absolute Gasteiger partial charge is 0.465 e. The third-order valence-electron chi connectivity index (χ3n) is 2.79. The predicted octanol–water partition coefficient (Wildman–Crippen LogP) is 3.36. The lowest BCUT2D eigenvalue weighted by Crippen LogP contribution is -2.04. The van der Waals surface area contributed by atoms with Crippen LogP contribution in [0.3, 0.4) is 0 Å². The van der Waals surface area contributed by atoms with Gasteiger partial charge in [-0.3, -0.25) is 0 Å². The smallest absolute Gasteiger partial charge is 0.337 e. The van der Waals surface area contributed by atoms with Gasteiger partial charge in [-0.05, 0) is 29.8 Å². The Morgan fingerprint density at radius 2 is 1.85 bits per heavy atom. The number of rotatable bonds is 4. The summed E-state index contributed by atoms with van der Waals surface area (Å²) in [5, 5.41) is 2.86. The second kappa shape index (κ2) is 6.14.